The second-order valence-corrected chi connectivity index (χ2v) is 16.6. The Morgan fingerprint density at radius 3 is 1.90 bits per heavy atom. The smallest absolute Gasteiger partial charge is 0.415 e. The summed E-state index contributed by atoms with van der Waals surface area (Å²) in [7, 11) is 0. The summed E-state index contributed by atoms with van der Waals surface area (Å²) >= 11 is 0. The minimum Gasteiger partial charge on any atom is -0.459 e. The van der Waals surface area contributed by atoms with E-state index in [-0.39, 0.29) is 70.2 Å². The number of nitrogens with one attached hydrogen (secondary N) is 1. The summed E-state index contributed by atoms with van der Waals surface area (Å²) < 4.78 is 13.8. The molecule has 1 saturated carbocycles. The number of rotatable bonds is 7. The van der Waals surface area contributed by atoms with Crippen LogP contribution in [0.5, 0.6) is 5.88 Å². The molecule has 11 nitrogen and oxygen atoms in total. The normalized spacial score (nSPS) is 19.7. The van der Waals surface area contributed by atoms with Crippen molar-refractivity contribution in [2.75, 3.05) is 26.3 Å². The van der Waals surface area contributed by atoms with E-state index in [1.807, 2.05) is 26.0 Å². The first-order chi connectivity index (χ1) is 23.2. The number of hydrogen-bond donors (Lipinski definition) is 3. The molecule has 0 aliphatic heterocycles. The Labute approximate surface area is 298 Å². The Balaban J connectivity index is 0.00000160. The summed E-state index contributed by atoms with van der Waals surface area (Å²) in [6, 6.07) is 8.05. The molecule has 0 saturated heterocycles. The highest BCUT2D eigenvalue weighted by Crippen LogP contribution is 2.50. The molecule has 3 aromatic rings. The number of carbonyl (C=O) groups excluding carboxylic acids is 2. The zero-order valence-corrected chi connectivity index (χ0v) is 32.2. The van der Waals surface area contributed by atoms with E-state index in [1.165, 1.54) is 15.0 Å². The fourth-order valence-electron chi connectivity index (χ4n) is 6.80. The van der Waals surface area contributed by atoms with Crippen LogP contribution >= 0.6 is 0 Å². The number of hydrogen-bond acceptors (Lipinski definition) is 7. The minimum atomic E-state index is -0.627. The number of amides is 1. The van der Waals surface area contributed by atoms with E-state index in [4.69, 9.17) is 31.2 Å². The third-order valence-electron chi connectivity index (χ3n) is 9.73. The van der Waals surface area contributed by atoms with Crippen LogP contribution in [0.1, 0.15) is 112 Å². The van der Waals surface area contributed by atoms with E-state index in [9.17, 15) is 9.59 Å². The predicted molar refractivity (Wildman–Crippen MR) is 197 cm³/mol. The molecule has 1 amide bonds. The highest BCUT2D eigenvalue weighted by molar-refractivity contribution is 6.05. The van der Waals surface area contributed by atoms with Gasteiger partial charge in [-0.1, -0.05) is 93.5 Å². The van der Waals surface area contributed by atoms with E-state index in [0.717, 1.165) is 18.4 Å². The quantitative estimate of drug-likeness (QED) is 0.168. The molecule has 11 heteroatoms. The van der Waals surface area contributed by atoms with Crippen LogP contribution in [-0.2, 0) is 10.2 Å². The monoisotopic (exact) mass is 693 g/mol. The first-order valence-corrected chi connectivity index (χ1v) is 17.8. The van der Waals surface area contributed by atoms with Crippen molar-refractivity contribution < 1.29 is 29.3 Å². The van der Waals surface area contributed by atoms with Gasteiger partial charge < -0.3 is 24.6 Å². The van der Waals surface area contributed by atoms with Gasteiger partial charge in [0.15, 0.2) is 11.5 Å². The summed E-state index contributed by atoms with van der Waals surface area (Å²) in [6.45, 7) is 34.4. The Bertz CT molecular complexity index is 1620. The van der Waals surface area contributed by atoms with Crippen LogP contribution in [0.2, 0.25) is 0 Å². The van der Waals surface area contributed by atoms with Gasteiger partial charge in [-0.3, -0.25) is 5.10 Å². The van der Waals surface area contributed by atoms with Crippen LogP contribution in [-0.4, -0.2) is 74.2 Å². The number of benzene rings is 1. The predicted octanol–water partition coefficient (Wildman–Crippen LogP) is 8.27. The number of carbonyl (C=O) groups is 2. The molecule has 276 valence electrons. The van der Waals surface area contributed by atoms with Gasteiger partial charge in [0, 0.05) is 30.5 Å². The van der Waals surface area contributed by atoms with Gasteiger partial charge in [-0.25, -0.2) is 23.9 Å². The molecule has 50 heavy (non-hydrogen) atoms. The summed E-state index contributed by atoms with van der Waals surface area (Å²) in [5.41, 5.74) is 1.84. The lowest BCUT2D eigenvalue weighted by molar-refractivity contribution is -0.0922. The Morgan fingerprint density at radius 2 is 1.48 bits per heavy atom. The molecule has 1 aromatic carbocycles. The summed E-state index contributed by atoms with van der Waals surface area (Å²) in [6.07, 6.45) is 0.918. The van der Waals surface area contributed by atoms with Crippen LogP contribution in [0.4, 0.5) is 10.5 Å². The number of aromatic nitrogens is 3. The van der Waals surface area contributed by atoms with Gasteiger partial charge in [-0.05, 0) is 54.4 Å². The Kier molecular flexibility index (Phi) is 13.0. The largest absolute Gasteiger partial charge is 0.459 e. The van der Waals surface area contributed by atoms with Crippen molar-refractivity contribution in [1.82, 2.24) is 19.5 Å². The minimum absolute atomic E-state index is 0.00472. The van der Waals surface area contributed by atoms with E-state index in [2.05, 4.69) is 91.3 Å². The van der Waals surface area contributed by atoms with Gasteiger partial charge in [0.25, 0.3) is 5.69 Å². The van der Waals surface area contributed by atoms with Crippen molar-refractivity contribution in [3.63, 3.8) is 0 Å². The summed E-state index contributed by atoms with van der Waals surface area (Å²) in [4.78, 5) is 37.6. The number of aliphatic hydroxyl groups excluding tert-OH is 2. The van der Waals surface area contributed by atoms with Gasteiger partial charge in [0.2, 0.25) is 5.88 Å². The molecule has 2 atom stereocenters. The Morgan fingerprint density at radius 1 is 0.960 bits per heavy atom. The van der Waals surface area contributed by atoms with Crippen molar-refractivity contribution in [2.45, 2.75) is 107 Å². The first-order valence-electron chi connectivity index (χ1n) is 17.8. The molecule has 3 N–H and O–H groups in total. The van der Waals surface area contributed by atoms with Crippen LogP contribution in [0.3, 0.4) is 0 Å². The third-order valence-corrected chi connectivity index (χ3v) is 9.73. The zero-order chi connectivity index (χ0) is 37.8. The molecule has 0 bridgehead atoms. The molecule has 0 spiro atoms. The molecule has 1 aliphatic carbocycles. The molecule has 1 aliphatic rings. The number of esters is 1. The number of aliphatic hydroxyl groups is 2. The van der Waals surface area contributed by atoms with Crippen LogP contribution in [0.15, 0.2) is 24.3 Å². The average Bonchev–Trinajstić information content (AvgIpc) is 3.58. The van der Waals surface area contributed by atoms with Crippen molar-refractivity contribution in [3.05, 3.63) is 46.8 Å². The van der Waals surface area contributed by atoms with Crippen molar-refractivity contribution in [1.29, 1.82) is 0 Å². The van der Waals surface area contributed by atoms with Crippen molar-refractivity contribution in [2.24, 2.45) is 28.6 Å². The fraction of sp³-hybridized carbons (Fsp3) is 0.641. The van der Waals surface area contributed by atoms with Crippen LogP contribution in [0, 0.1) is 35.2 Å². The topological polar surface area (TPSA) is 134 Å². The summed E-state index contributed by atoms with van der Waals surface area (Å²) in [5, 5.41) is 18.5. The molecule has 0 radical (unpaired) electrons. The highest BCUT2D eigenvalue weighted by atomic mass is 16.6. The number of aromatic amines is 1. The maximum atomic E-state index is 14.4. The molecule has 2 aromatic heterocycles. The van der Waals surface area contributed by atoms with E-state index in [0.29, 0.717) is 24.8 Å². The molecule has 1 fully saturated rings. The van der Waals surface area contributed by atoms with Crippen LogP contribution < -0.4 is 4.74 Å². The van der Waals surface area contributed by atoms with Crippen molar-refractivity contribution in [3.8, 4) is 17.3 Å². The van der Waals surface area contributed by atoms with Crippen LogP contribution in [0.25, 0.3) is 21.9 Å². The maximum absolute atomic E-state index is 14.4. The standard InChI is InChI=1S/C37H53N5O4.C2H6O2/c1-14-41(15-2)34(44)46-32-28(38-13)27(31-39-30(40-42(31)32)23-16-18-24(19-17-23)35(4,5)6)33(43)45-29-25(36(7,8)9)20-22(3)21-26(29)37(10,11)12;3-1-2-4/h16-19,22,25-26,29H,14-15,20-21H2,1-12H3,(H,39,40);3-4H,1-2H2. The van der Waals surface area contributed by atoms with Gasteiger partial charge in [-0.2, -0.15) is 0 Å². The van der Waals surface area contributed by atoms with Gasteiger partial charge in [0.1, 0.15) is 11.7 Å². The second kappa shape index (κ2) is 16.0. The number of H-pyrrole nitrogens is 1. The number of fused-ring (bicyclic) bond motifs is 1. The van der Waals surface area contributed by atoms with E-state index < -0.39 is 12.1 Å². The lowest BCUT2D eigenvalue weighted by Gasteiger charge is -2.50. The lowest BCUT2D eigenvalue weighted by Crippen LogP contribution is -2.49. The van der Waals surface area contributed by atoms with Gasteiger partial charge >= 0.3 is 12.1 Å². The van der Waals surface area contributed by atoms with E-state index in [1.54, 1.807) is 0 Å². The Hall–Kier alpha value is -3.88. The zero-order valence-electron chi connectivity index (χ0n) is 32.2. The average molecular weight is 694 g/mol. The van der Waals surface area contributed by atoms with E-state index >= 15 is 0 Å². The lowest BCUT2D eigenvalue weighted by atomic mass is 9.59. The fourth-order valence-corrected chi connectivity index (χ4v) is 6.80. The SMILES string of the molecule is OCCO.[C-]#[N+]c1c(C(=O)OC2C(C(C)(C)C)CC(C)CC2C(C)(C)C)c2nc(-c3ccc(C(C)(C)C)cc3)[nH]n2c1OC(=O)N(CC)CC. The third kappa shape index (κ3) is 9.07. The molecule has 4 rings (SSSR count). The molecule has 2 heterocycles. The first kappa shape index (κ1) is 40.5. The second-order valence-electron chi connectivity index (χ2n) is 16.6. The number of nitrogens with zero attached hydrogens (tertiary/aromatic N) is 4. The van der Waals surface area contributed by atoms with Gasteiger partial charge in [-0.15, -0.1) is 0 Å². The van der Waals surface area contributed by atoms with Gasteiger partial charge in [0.05, 0.1) is 19.8 Å². The molecular formula is C39H59N5O6. The summed E-state index contributed by atoms with van der Waals surface area (Å²) in [5.74, 6) is 0.513. The maximum Gasteiger partial charge on any atom is 0.415 e. The molecular weight excluding hydrogens is 634 g/mol. The highest BCUT2D eigenvalue weighted by Gasteiger charge is 2.48. The number of ether oxygens (including phenoxy) is 2. The van der Waals surface area contributed by atoms with Crippen molar-refractivity contribution >= 4 is 23.4 Å². The molecule has 2 unspecified atom stereocenters.